The molecule has 1 saturated heterocycles. The quantitative estimate of drug-likeness (QED) is 0.665. The second-order valence-corrected chi connectivity index (χ2v) is 9.24. The summed E-state index contributed by atoms with van der Waals surface area (Å²) in [5.74, 6) is 0.638. The largest absolute Gasteiger partial charge is 0.376 e. The summed E-state index contributed by atoms with van der Waals surface area (Å²) in [6, 6.07) is 8.52. The highest BCUT2D eigenvalue weighted by molar-refractivity contribution is 5.76. The summed E-state index contributed by atoms with van der Waals surface area (Å²) in [7, 11) is 0. The summed E-state index contributed by atoms with van der Waals surface area (Å²) in [6.07, 6.45) is 1.51. The predicted molar refractivity (Wildman–Crippen MR) is 124 cm³/mol. The number of aromatic nitrogens is 2. The summed E-state index contributed by atoms with van der Waals surface area (Å²) in [5.41, 5.74) is 5.85. The summed E-state index contributed by atoms with van der Waals surface area (Å²) in [5, 5.41) is 7.74. The van der Waals surface area contributed by atoms with Gasteiger partial charge in [0.2, 0.25) is 5.91 Å². The first-order valence-electron chi connectivity index (χ1n) is 11.5. The number of morpholine rings is 1. The molecule has 1 unspecified atom stereocenters. The number of nitrogens with one attached hydrogen (secondary N) is 1. The van der Waals surface area contributed by atoms with Crippen molar-refractivity contribution in [1.29, 1.82) is 0 Å². The molecule has 1 aromatic carbocycles. The van der Waals surface area contributed by atoms with Crippen molar-refractivity contribution in [2.75, 3.05) is 19.7 Å². The molecule has 1 fully saturated rings. The lowest BCUT2D eigenvalue weighted by Crippen LogP contribution is -2.40. The molecule has 2 heterocycles. The number of ether oxygens (including phenoxy) is 1. The van der Waals surface area contributed by atoms with E-state index < -0.39 is 0 Å². The molecule has 1 aliphatic heterocycles. The standard InChI is InChI=1S/C25H38N4O2/c1-18(2)15-29-21(5)24(20(4)27-29)9-10-25(30)26-14-22-7-6-8-23(13-22)17-28-11-12-31-19(3)16-28/h6-8,13,18-19H,9-12,14-17H2,1-5H3,(H,26,30). The fourth-order valence-electron chi connectivity index (χ4n) is 4.28. The van der Waals surface area contributed by atoms with Gasteiger partial charge < -0.3 is 10.1 Å². The number of rotatable bonds is 9. The van der Waals surface area contributed by atoms with Crippen LogP contribution in [0.2, 0.25) is 0 Å². The Kier molecular flexibility index (Phi) is 8.27. The number of carbonyl (C=O) groups is 1. The number of benzene rings is 1. The number of carbonyl (C=O) groups excluding carboxylic acids is 1. The second kappa shape index (κ2) is 10.9. The van der Waals surface area contributed by atoms with Gasteiger partial charge in [-0.25, -0.2) is 0 Å². The van der Waals surface area contributed by atoms with E-state index in [0.717, 1.165) is 50.5 Å². The zero-order valence-corrected chi connectivity index (χ0v) is 19.8. The van der Waals surface area contributed by atoms with Crippen LogP contribution in [0.1, 0.15) is 55.3 Å². The molecule has 1 aliphatic rings. The summed E-state index contributed by atoms with van der Waals surface area (Å²) < 4.78 is 7.70. The first kappa shape index (κ1) is 23.5. The average molecular weight is 427 g/mol. The van der Waals surface area contributed by atoms with Gasteiger partial charge in [0.05, 0.1) is 18.4 Å². The monoisotopic (exact) mass is 426 g/mol. The fraction of sp³-hybridized carbons (Fsp3) is 0.600. The topological polar surface area (TPSA) is 59.4 Å². The van der Waals surface area contributed by atoms with Gasteiger partial charge in [0.15, 0.2) is 0 Å². The maximum atomic E-state index is 12.5. The average Bonchev–Trinajstić information content (AvgIpc) is 2.97. The first-order valence-corrected chi connectivity index (χ1v) is 11.5. The maximum absolute atomic E-state index is 12.5. The molecule has 1 amide bonds. The Morgan fingerprint density at radius 1 is 1.29 bits per heavy atom. The third kappa shape index (κ3) is 6.91. The highest BCUT2D eigenvalue weighted by atomic mass is 16.5. The first-order chi connectivity index (χ1) is 14.8. The van der Waals surface area contributed by atoms with Crippen LogP contribution in [0.4, 0.5) is 0 Å². The van der Waals surface area contributed by atoms with Gasteiger partial charge in [-0.1, -0.05) is 38.1 Å². The van der Waals surface area contributed by atoms with Crippen LogP contribution < -0.4 is 5.32 Å². The second-order valence-electron chi connectivity index (χ2n) is 9.24. The Hall–Kier alpha value is -2.18. The molecule has 0 spiro atoms. The molecular formula is C25H38N4O2. The minimum absolute atomic E-state index is 0.0859. The minimum atomic E-state index is 0.0859. The van der Waals surface area contributed by atoms with Gasteiger partial charge in [0, 0.05) is 44.8 Å². The van der Waals surface area contributed by atoms with E-state index in [1.165, 1.54) is 16.8 Å². The number of nitrogens with zero attached hydrogens (tertiary/aromatic N) is 3. The van der Waals surface area contributed by atoms with E-state index in [9.17, 15) is 4.79 Å². The van der Waals surface area contributed by atoms with Crippen LogP contribution in [0.15, 0.2) is 24.3 Å². The fourth-order valence-corrected chi connectivity index (χ4v) is 4.28. The van der Waals surface area contributed by atoms with E-state index in [1.54, 1.807) is 0 Å². The maximum Gasteiger partial charge on any atom is 0.220 e. The van der Waals surface area contributed by atoms with E-state index in [1.807, 2.05) is 6.92 Å². The lowest BCUT2D eigenvalue weighted by atomic mass is 10.1. The molecule has 0 saturated carbocycles. The number of hydrogen-bond acceptors (Lipinski definition) is 4. The van der Waals surface area contributed by atoms with Gasteiger partial charge in [0.1, 0.15) is 0 Å². The van der Waals surface area contributed by atoms with E-state index in [2.05, 4.69) is 72.0 Å². The molecule has 31 heavy (non-hydrogen) atoms. The van der Waals surface area contributed by atoms with E-state index in [-0.39, 0.29) is 5.91 Å². The van der Waals surface area contributed by atoms with Crippen molar-refractivity contribution >= 4 is 5.91 Å². The summed E-state index contributed by atoms with van der Waals surface area (Å²) in [4.78, 5) is 14.9. The van der Waals surface area contributed by atoms with Crippen LogP contribution in [-0.4, -0.2) is 46.4 Å². The summed E-state index contributed by atoms with van der Waals surface area (Å²) >= 11 is 0. The Morgan fingerprint density at radius 2 is 2.06 bits per heavy atom. The third-order valence-corrected chi connectivity index (χ3v) is 5.88. The Labute approximate surface area is 187 Å². The molecule has 1 N–H and O–H groups in total. The van der Waals surface area contributed by atoms with Crippen LogP contribution in [0.3, 0.4) is 0 Å². The zero-order chi connectivity index (χ0) is 22.4. The molecular weight excluding hydrogens is 388 g/mol. The van der Waals surface area contributed by atoms with Crippen molar-refractivity contribution in [2.24, 2.45) is 5.92 Å². The van der Waals surface area contributed by atoms with Crippen molar-refractivity contribution in [1.82, 2.24) is 20.0 Å². The lowest BCUT2D eigenvalue weighted by Gasteiger charge is -2.31. The molecule has 0 aliphatic carbocycles. The molecule has 1 atom stereocenters. The van der Waals surface area contributed by atoms with Gasteiger partial charge in [-0.15, -0.1) is 0 Å². The van der Waals surface area contributed by atoms with Gasteiger partial charge in [-0.2, -0.15) is 5.10 Å². The van der Waals surface area contributed by atoms with E-state index in [4.69, 9.17) is 4.74 Å². The highest BCUT2D eigenvalue weighted by Crippen LogP contribution is 2.17. The van der Waals surface area contributed by atoms with Crippen LogP contribution >= 0.6 is 0 Å². The van der Waals surface area contributed by atoms with E-state index in [0.29, 0.717) is 25.0 Å². The van der Waals surface area contributed by atoms with Crippen LogP contribution in [0, 0.1) is 19.8 Å². The normalized spacial score (nSPS) is 17.3. The molecule has 6 heteroatoms. The molecule has 2 aromatic rings. The third-order valence-electron chi connectivity index (χ3n) is 5.88. The van der Waals surface area contributed by atoms with Crippen molar-refractivity contribution in [3.63, 3.8) is 0 Å². The van der Waals surface area contributed by atoms with Crippen molar-refractivity contribution < 1.29 is 9.53 Å². The van der Waals surface area contributed by atoms with Gasteiger partial charge in [-0.3, -0.25) is 14.4 Å². The predicted octanol–water partition coefficient (Wildman–Crippen LogP) is 3.63. The van der Waals surface area contributed by atoms with Crippen LogP contribution in [0.25, 0.3) is 0 Å². The van der Waals surface area contributed by atoms with Gasteiger partial charge in [-0.05, 0) is 49.8 Å². The van der Waals surface area contributed by atoms with Crippen molar-refractivity contribution in [3.05, 3.63) is 52.3 Å². The highest BCUT2D eigenvalue weighted by Gasteiger charge is 2.17. The number of aryl methyl sites for hydroxylation is 1. The molecule has 0 radical (unpaired) electrons. The minimum Gasteiger partial charge on any atom is -0.376 e. The number of hydrogen-bond donors (Lipinski definition) is 1. The zero-order valence-electron chi connectivity index (χ0n) is 19.8. The molecule has 0 bridgehead atoms. The number of amides is 1. The van der Waals surface area contributed by atoms with Gasteiger partial charge in [0.25, 0.3) is 0 Å². The van der Waals surface area contributed by atoms with E-state index >= 15 is 0 Å². The molecule has 1 aromatic heterocycles. The van der Waals surface area contributed by atoms with Gasteiger partial charge >= 0.3 is 0 Å². The van der Waals surface area contributed by atoms with Crippen LogP contribution in [0.5, 0.6) is 0 Å². The molecule has 3 rings (SSSR count). The Balaban J connectivity index is 1.48. The molecule has 170 valence electrons. The molecule has 6 nitrogen and oxygen atoms in total. The van der Waals surface area contributed by atoms with Crippen molar-refractivity contribution in [3.8, 4) is 0 Å². The van der Waals surface area contributed by atoms with Crippen molar-refractivity contribution in [2.45, 2.75) is 73.2 Å². The lowest BCUT2D eigenvalue weighted by molar-refractivity contribution is -0.121. The Morgan fingerprint density at radius 3 is 2.81 bits per heavy atom. The smallest absolute Gasteiger partial charge is 0.220 e. The Bertz CT molecular complexity index is 874. The SMILES string of the molecule is Cc1nn(CC(C)C)c(C)c1CCC(=O)NCc1cccc(CN2CCOC(C)C2)c1. The van der Waals surface area contributed by atoms with Crippen LogP contribution in [-0.2, 0) is 35.6 Å². The summed E-state index contributed by atoms with van der Waals surface area (Å²) in [6.45, 7) is 15.8.